The summed E-state index contributed by atoms with van der Waals surface area (Å²) in [6.07, 6.45) is 0.933. The van der Waals surface area contributed by atoms with Gasteiger partial charge in [-0.25, -0.2) is 15.0 Å². The Morgan fingerprint density at radius 1 is 0.575 bits per heavy atom. The van der Waals surface area contributed by atoms with Gasteiger partial charge in [0.2, 0.25) is 0 Å². The van der Waals surface area contributed by atoms with Crippen molar-refractivity contribution in [3.63, 3.8) is 0 Å². The Morgan fingerprint density at radius 2 is 1.23 bits per heavy atom. The number of para-hydroxylation sites is 1. The second-order valence-electron chi connectivity index (χ2n) is 10.8. The van der Waals surface area contributed by atoms with Crippen molar-refractivity contribution < 1.29 is 4.42 Å². The molecule has 188 valence electrons. The molecule has 2 heterocycles. The standard InChI is InChI=1S/C36H23N3O/c1-2-11-22(12-3-1)33-37-34(26-16-10-20-31-32(26)25-15-6-9-19-30(25)40-31)39-35(38-33)36-21-27(23-13-4-7-17-28(23)36)24-14-5-8-18-29(24)36/h1-20,27H,21H2. The fraction of sp³-hybridized carbons (Fsp3) is 0.0833. The molecule has 9 rings (SSSR count). The molecule has 0 saturated heterocycles. The van der Waals surface area contributed by atoms with E-state index in [9.17, 15) is 0 Å². The molecule has 2 aliphatic carbocycles. The molecule has 0 N–H and O–H groups in total. The van der Waals surface area contributed by atoms with Gasteiger partial charge in [0.25, 0.3) is 0 Å². The number of fused-ring (bicyclic) bond motifs is 11. The number of hydrogen-bond acceptors (Lipinski definition) is 4. The van der Waals surface area contributed by atoms with E-state index < -0.39 is 5.41 Å². The van der Waals surface area contributed by atoms with Crippen LogP contribution in [0.4, 0.5) is 0 Å². The van der Waals surface area contributed by atoms with Gasteiger partial charge >= 0.3 is 0 Å². The predicted molar refractivity (Wildman–Crippen MR) is 157 cm³/mol. The summed E-state index contributed by atoms with van der Waals surface area (Å²) in [6, 6.07) is 42.2. The third-order valence-electron chi connectivity index (χ3n) is 8.79. The molecular weight excluding hydrogens is 490 g/mol. The summed E-state index contributed by atoms with van der Waals surface area (Å²) in [5, 5.41) is 2.09. The summed E-state index contributed by atoms with van der Waals surface area (Å²) >= 11 is 0. The summed E-state index contributed by atoms with van der Waals surface area (Å²) in [4.78, 5) is 15.7. The van der Waals surface area contributed by atoms with Crippen LogP contribution in [0.3, 0.4) is 0 Å². The van der Waals surface area contributed by atoms with E-state index >= 15 is 0 Å². The van der Waals surface area contributed by atoms with Gasteiger partial charge in [-0.2, -0.15) is 0 Å². The van der Waals surface area contributed by atoms with Gasteiger partial charge in [0.05, 0.1) is 5.41 Å². The van der Waals surface area contributed by atoms with Crippen LogP contribution in [0.2, 0.25) is 0 Å². The molecule has 0 saturated carbocycles. The molecular formula is C36H23N3O. The molecule has 2 bridgehead atoms. The van der Waals surface area contributed by atoms with Gasteiger partial charge in [0, 0.05) is 27.8 Å². The molecule has 7 aromatic rings. The van der Waals surface area contributed by atoms with Gasteiger partial charge in [0.15, 0.2) is 11.6 Å². The first-order chi connectivity index (χ1) is 19.8. The smallest absolute Gasteiger partial charge is 0.164 e. The molecule has 0 unspecified atom stereocenters. The minimum atomic E-state index is -0.425. The Bertz CT molecular complexity index is 2060. The molecule has 4 heteroatoms. The van der Waals surface area contributed by atoms with Crippen LogP contribution in [-0.2, 0) is 5.41 Å². The van der Waals surface area contributed by atoms with Gasteiger partial charge in [-0.05, 0) is 40.8 Å². The first-order valence-corrected chi connectivity index (χ1v) is 13.7. The lowest BCUT2D eigenvalue weighted by Crippen LogP contribution is -2.29. The summed E-state index contributed by atoms with van der Waals surface area (Å²) in [5.74, 6) is 2.50. The first kappa shape index (κ1) is 21.8. The molecule has 40 heavy (non-hydrogen) atoms. The predicted octanol–water partition coefficient (Wildman–Crippen LogP) is 8.29. The molecule has 0 aliphatic heterocycles. The SMILES string of the molecule is c1ccc(-c2nc(-c3cccc4oc5ccccc5c34)nc(C34CC(c5ccccc53)c3ccccc34)n2)cc1. The Kier molecular flexibility index (Phi) is 4.34. The Morgan fingerprint density at radius 3 is 2.02 bits per heavy atom. The summed E-state index contributed by atoms with van der Waals surface area (Å²) in [5.41, 5.74) is 8.57. The van der Waals surface area contributed by atoms with Crippen LogP contribution in [0.25, 0.3) is 44.7 Å². The van der Waals surface area contributed by atoms with E-state index in [0.717, 1.165) is 45.3 Å². The highest BCUT2D eigenvalue weighted by Crippen LogP contribution is 2.62. The third-order valence-corrected chi connectivity index (χ3v) is 8.79. The van der Waals surface area contributed by atoms with E-state index in [4.69, 9.17) is 19.4 Å². The van der Waals surface area contributed by atoms with Crippen molar-refractivity contribution in [3.8, 4) is 22.8 Å². The molecule has 0 amide bonds. The second kappa shape index (κ2) is 7.96. The number of benzene rings is 5. The van der Waals surface area contributed by atoms with Gasteiger partial charge in [0.1, 0.15) is 17.0 Å². The summed E-state index contributed by atoms with van der Waals surface area (Å²) < 4.78 is 6.23. The monoisotopic (exact) mass is 513 g/mol. The highest BCUT2D eigenvalue weighted by molar-refractivity contribution is 6.11. The molecule has 2 aromatic heterocycles. The van der Waals surface area contributed by atoms with Gasteiger partial charge in [-0.1, -0.05) is 109 Å². The highest BCUT2D eigenvalue weighted by atomic mass is 16.3. The highest BCUT2D eigenvalue weighted by Gasteiger charge is 2.55. The Hall–Kier alpha value is -5.09. The van der Waals surface area contributed by atoms with Gasteiger partial charge in [-0.15, -0.1) is 0 Å². The van der Waals surface area contributed by atoms with Crippen LogP contribution >= 0.6 is 0 Å². The molecule has 5 aromatic carbocycles. The van der Waals surface area contributed by atoms with Crippen LogP contribution in [-0.4, -0.2) is 15.0 Å². The summed E-state index contributed by atoms with van der Waals surface area (Å²) in [7, 11) is 0. The first-order valence-electron chi connectivity index (χ1n) is 13.7. The van der Waals surface area contributed by atoms with Gasteiger partial charge < -0.3 is 4.42 Å². The number of hydrogen-bond donors (Lipinski definition) is 0. The molecule has 0 atom stereocenters. The lowest BCUT2D eigenvalue weighted by Gasteiger charge is -2.30. The molecule has 2 aliphatic rings. The number of rotatable bonds is 3. The van der Waals surface area contributed by atoms with Crippen molar-refractivity contribution in [1.29, 1.82) is 0 Å². The van der Waals surface area contributed by atoms with E-state index in [2.05, 4.69) is 72.8 Å². The molecule has 4 nitrogen and oxygen atoms in total. The zero-order valence-electron chi connectivity index (χ0n) is 21.6. The average Bonchev–Trinajstić information content (AvgIpc) is 3.70. The maximum Gasteiger partial charge on any atom is 0.164 e. The zero-order chi connectivity index (χ0) is 26.3. The van der Waals surface area contributed by atoms with E-state index in [1.54, 1.807) is 0 Å². The normalized spacial score (nSPS) is 18.8. The van der Waals surface area contributed by atoms with Crippen molar-refractivity contribution in [2.24, 2.45) is 0 Å². The van der Waals surface area contributed by atoms with Crippen LogP contribution in [0.15, 0.2) is 126 Å². The lowest BCUT2D eigenvalue weighted by atomic mass is 9.74. The van der Waals surface area contributed by atoms with Crippen LogP contribution in [0.1, 0.15) is 40.4 Å². The van der Waals surface area contributed by atoms with Crippen molar-refractivity contribution >= 4 is 21.9 Å². The number of aromatic nitrogens is 3. The van der Waals surface area contributed by atoms with Crippen LogP contribution in [0, 0.1) is 0 Å². The van der Waals surface area contributed by atoms with E-state index in [-0.39, 0.29) is 0 Å². The van der Waals surface area contributed by atoms with Crippen LogP contribution < -0.4 is 0 Å². The number of nitrogens with zero attached hydrogens (tertiary/aromatic N) is 3. The minimum Gasteiger partial charge on any atom is -0.456 e. The van der Waals surface area contributed by atoms with E-state index in [0.29, 0.717) is 17.6 Å². The molecule has 0 fully saturated rings. The third kappa shape index (κ3) is 2.83. The lowest BCUT2D eigenvalue weighted by molar-refractivity contribution is 0.588. The minimum absolute atomic E-state index is 0.342. The summed E-state index contributed by atoms with van der Waals surface area (Å²) in [6.45, 7) is 0. The van der Waals surface area contributed by atoms with Crippen LogP contribution in [0.5, 0.6) is 0 Å². The van der Waals surface area contributed by atoms with Crippen molar-refractivity contribution in [2.75, 3.05) is 0 Å². The number of furan rings is 1. The van der Waals surface area contributed by atoms with Crippen molar-refractivity contribution in [3.05, 3.63) is 149 Å². The Labute approximate surface area is 231 Å². The fourth-order valence-electron chi connectivity index (χ4n) is 7.13. The maximum absolute atomic E-state index is 6.23. The second-order valence-corrected chi connectivity index (χ2v) is 10.8. The van der Waals surface area contributed by atoms with Crippen molar-refractivity contribution in [1.82, 2.24) is 15.0 Å². The molecule has 0 spiro atoms. The fourth-order valence-corrected chi connectivity index (χ4v) is 7.13. The average molecular weight is 514 g/mol. The topological polar surface area (TPSA) is 51.8 Å². The molecule has 0 radical (unpaired) electrons. The van der Waals surface area contributed by atoms with Gasteiger partial charge in [-0.3, -0.25) is 0 Å². The van der Waals surface area contributed by atoms with E-state index in [1.165, 1.54) is 22.3 Å². The Balaban J connectivity index is 1.38. The van der Waals surface area contributed by atoms with E-state index in [1.807, 2.05) is 48.5 Å². The van der Waals surface area contributed by atoms with Crippen molar-refractivity contribution in [2.45, 2.75) is 17.8 Å². The maximum atomic E-state index is 6.23. The largest absolute Gasteiger partial charge is 0.456 e. The quantitative estimate of drug-likeness (QED) is 0.239. The zero-order valence-corrected chi connectivity index (χ0v) is 21.6.